The number of hydrogen-bond donors (Lipinski definition) is 2. The van der Waals surface area contributed by atoms with E-state index >= 15 is 0 Å². The van der Waals surface area contributed by atoms with Crippen LogP contribution in [0, 0.1) is 0 Å². The van der Waals surface area contributed by atoms with Crippen LogP contribution in [0.2, 0.25) is 0 Å². The van der Waals surface area contributed by atoms with Gasteiger partial charge in [-0.1, -0.05) is 17.8 Å². The van der Waals surface area contributed by atoms with Crippen molar-refractivity contribution in [3.05, 3.63) is 48.3 Å². The molecule has 0 atom stereocenters. The number of nitrogens with zero attached hydrogens (tertiary/aromatic N) is 1. The van der Waals surface area contributed by atoms with Gasteiger partial charge < -0.3 is 15.8 Å². The molecular formula is C12H10N3OY3-. The Morgan fingerprint density at radius 2 is 1.74 bits per heavy atom. The first-order valence-electron chi connectivity index (χ1n) is 4.75. The molecule has 2 rings (SSSR count). The van der Waals surface area contributed by atoms with Crippen molar-refractivity contribution in [2.24, 2.45) is 0 Å². The molecule has 1 heterocycles. The first-order valence-corrected chi connectivity index (χ1v) is 4.75. The second-order valence-electron chi connectivity index (χ2n) is 3.25. The van der Waals surface area contributed by atoms with E-state index in [2.05, 4.69) is 10.3 Å². The molecule has 0 spiro atoms. The molecular weight excluding hydrogens is 469 g/mol. The fourth-order valence-corrected chi connectivity index (χ4v) is 1.29. The Balaban J connectivity index is 0. The van der Waals surface area contributed by atoms with E-state index in [1.54, 1.807) is 24.6 Å². The zero-order chi connectivity index (χ0) is 11.4. The first kappa shape index (κ1) is 22.2. The van der Waals surface area contributed by atoms with Crippen LogP contribution in [0.25, 0.3) is 0 Å². The van der Waals surface area contributed by atoms with Gasteiger partial charge in [0.15, 0.2) is 0 Å². The third-order valence-corrected chi connectivity index (χ3v) is 2.11. The SMILES string of the molecule is Nc1ccccc1Nc1ccc([C-]=O)nc1.[Y].[Y].[Y]. The summed E-state index contributed by atoms with van der Waals surface area (Å²) >= 11 is 0. The van der Waals surface area contributed by atoms with Gasteiger partial charge >= 0.3 is 0 Å². The number of hydrogen-bond acceptors (Lipinski definition) is 4. The van der Waals surface area contributed by atoms with Gasteiger partial charge in [-0.05, 0) is 12.1 Å². The average molecular weight is 479 g/mol. The van der Waals surface area contributed by atoms with Crippen LogP contribution in [0.4, 0.5) is 17.1 Å². The molecule has 0 aliphatic heterocycles. The minimum atomic E-state index is 0. The Hall–Kier alpha value is 0.952. The van der Waals surface area contributed by atoms with E-state index in [0.29, 0.717) is 5.69 Å². The monoisotopic (exact) mass is 479 g/mol. The van der Waals surface area contributed by atoms with Crippen molar-refractivity contribution in [3.63, 3.8) is 0 Å². The van der Waals surface area contributed by atoms with Gasteiger partial charge in [0.2, 0.25) is 0 Å². The van der Waals surface area contributed by atoms with Gasteiger partial charge in [0.05, 0.1) is 11.4 Å². The topological polar surface area (TPSA) is 68.0 Å². The average Bonchev–Trinajstić information content (AvgIpc) is 2.33. The van der Waals surface area contributed by atoms with Crippen molar-refractivity contribution in [2.75, 3.05) is 11.1 Å². The Kier molecular flexibility index (Phi) is 13.6. The number of benzene rings is 1. The van der Waals surface area contributed by atoms with E-state index in [9.17, 15) is 4.79 Å². The third-order valence-electron chi connectivity index (χ3n) is 2.11. The number of carbonyl (C=O) groups excluding carboxylic acids is 1. The molecule has 3 N–H and O–H groups in total. The standard InChI is InChI=1S/C12H10N3O.3Y/c13-11-3-1-2-4-12(11)15-9-5-6-10(8-16)14-7-9;;;/h1-7,15H,13H2;;;/q-1;;;. The fraction of sp³-hybridized carbons (Fsp3) is 0. The Bertz CT molecular complexity index is 506. The molecule has 3 radical (unpaired) electrons. The van der Waals surface area contributed by atoms with Crippen LogP contribution in [-0.2, 0) is 103 Å². The summed E-state index contributed by atoms with van der Waals surface area (Å²) in [5.74, 6) is 0. The van der Waals surface area contributed by atoms with Gasteiger partial charge in [-0.15, -0.1) is 6.07 Å². The van der Waals surface area contributed by atoms with Crippen molar-refractivity contribution < 1.29 is 103 Å². The normalized spacial score (nSPS) is 8.21. The summed E-state index contributed by atoms with van der Waals surface area (Å²) in [5.41, 5.74) is 8.31. The summed E-state index contributed by atoms with van der Waals surface area (Å²) in [6.07, 6.45) is 3.28. The minimum Gasteiger partial charge on any atom is -0.417 e. The zero-order valence-corrected chi connectivity index (χ0v) is 18.7. The summed E-state index contributed by atoms with van der Waals surface area (Å²) in [4.78, 5) is 14.2. The molecule has 0 saturated carbocycles. The third kappa shape index (κ3) is 6.97. The second kappa shape index (κ2) is 11.6. The maximum atomic E-state index is 10.3. The van der Waals surface area contributed by atoms with Crippen LogP contribution in [0.3, 0.4) is 0 Å². The Morgan fingerprint density at radius 1 is 1.05 bits per heavy atom. The molecule has 0 fully saturated rings. The maximum absolute atomic E-state index is 10.3. The van der Waals surface area contributed by atoms with Gasteiger partial charge in [0, 0.05) is 116 Å². The molecule has 0 bridgehead atoms. The Labute approximate surface area is 187 Å². The van der Waals surface area contributed by atoms with Crippen molar-refractivity contribution in [1.29, 1.82) is 0 Å². The number of nitrogen functional groups attached to an aromatic ring is 1. The van der Waals surface area contributed by atoms with E-state index in [1.807, 2.05) is 24.3 Å². The van der Waals surface area contributed by atoms with E-state index in [0.717, 1.165) is 11.4 Å². The molecule has 0 amide bonds. The van der Waals surface area contributed by atoms with Gasteiger partial charge in [-0.2, -0.15) is 6.07 Å². The molecule has 89 valence electrons. The van der Waals surface area contributed by atoms with E-state index in [4.69, 9.17) is 5.73 Å². The van der Waals surface area contributed by atoms with Crippen molar-refractivity contribution in [2.45, 2.75) is 0 Å². The molecule has 0 aliphatic carbocycles. The summed E-state index contributed by atoms with van der Waals surface area (Å²) in [5, 5.41) is 3.11. The van der Waals surface area contributed by atoms with Crippen molar-refractivity contribution >= 4 is 23.3 Å². The number of para-hydroxylation sites is 2. The summed E-state index contributed by atoms with van der Waals surface area (Å²) in [6.45, 7) is 0. The number of aromatic nitrogens is 1. The predicted octanol–water partition coefficient (Wildman–Crippen LogP) is 1.86. The maximum Gasteiger partial charge on any atom is 0.0617 e. The minimum absolute atomic E-state index is 0. The largest absolute Gasteiger partial charge is 0.417 e. The molecule has 19 heavy (non-hydrogen) atoms. The molecule has 4 nitrogen and oxygen atoms in total. The summed E-state index contributed by atoms with van der Waals surface area (Å²) < 4.78 is 0. The van der Waals surface area contributed by atoms with Gasteiger partial charge in [0.1, 0.15) is 0 Å². The smallest absolute Gasteiger partial charge is 0.0617 e. The second-order valence-corrected chi connectivity index (χ2v) is 3.25. The summed E-state index contributed by atoms with van der Waals surface area (Å²) in [7, 11) is 0. The molecule has 0 unspecified atom stereocenters. The fourth-order valence-electron chi connectivity index (χ4n) is 1.29. The van der Waals surface area contributed by atoms with Gasteiger partial charge in [-0.3, -0.25) is 4.98 Å². The number of anilines is 3. The molecule has 2 aromatic rings. The number of rotatable bonds is 3. The number of nitrogens with two attached hydrogens (primary N) is 1. The van der Waals surface area contributed by atoms with Crippen LogP contribution in [0.5, 0.6) is 0 Å². The molecule has 1 aromatic heterocycles. The number of nitrogens with one attached hydrogen (secondary N) is 1. The Morgan fingerprint density at radius 3 is 2.26 bits per heavy atom. The van der Waals surface area contributed by atoms with Crippen LogP contribution in [-0.4, -0.2) is 11.3 Å². The summed E-state index contributed by atoms with van der Waals surface area (Å²) in [6, 6.07) is 10.8. The van der Waals surface area contributed by atoms with Crippen LogP contribution < -0.4 is 11.1 Å². The first-order chi connectivity index (χ1) is 7.79. The van der Waals surface area contributed by atoms with E-state index < -0.39 is 0 Å². The van der Waals surface area contributed by atoms with Crippen LogP contribution >= 0.6 is 0 Å². The zero-order valence-electron chi connectivity index (χ0n) is 10.2. The number of pyridine rings is 1. The van der Waals surface area contributed by atoms with E-state index in [1.165, 1.54) is 0 Å². The molecule has 0 saturated heterocycles. The van der Waals surface area contributed by atoms with Crippen LogP contribution in [0.1, 0.15) is 5.69 Å². The molecule has 7 heteroatoms. The molecule has 1 aromatic carbocycles. The van der Waals surface area contributed by atoms with Gasteiger partial charge in [-0.25, -0.2) is 0 Å². The van der Waals surface area contributed by atoms with E-state index in [-0.39, 0.29) is 104 Å². The quantitative estimate of drug-likeness (QED) is 0.522. The van der Waals surface area contributed by atoms with Crippen LogP contribution in [0.15, 0.2) is 42.6 Å². The van der Waals surface area contributed by atoms with Gasteiger partial charge in [0.25, 0.3) is 0 Å². The van der Waals surface area contributed by atoms with Crippen molar-refractivity contribution in [3.8, 4) is 0 Å². The van der Waals surface area contributed by atoms with Crippen molar-refractivity contribution in [1.82, 2.24) is 4.98 Å². The molecule has 0 aliphatic rings. The predicted molar refractivity (Wildman–Crippen MR) is 63.2 cm³/mol.